The molecule has 0 aliphatic carbocycles. The second-order valence-corrected chi connectivity index (χ2v) is 3.47. The third kappa shape index (κ3) is 1.29. The molecule has 0 bridgehead atoms. The highest BCUT2D eigenvalue weighted by Crippen LogP contribution is 2.20. The van der Waals surface area contributed by atoms with Gasteiger partial charge < -0.3 is 0 Å². The van der Waals surface area contributed by atoms with Crippen LogP contribution in [-0.2, 0) is 0 Å². The molecule has 0 fully saturated rings. The molecular formula is C12H11NO. The van der Waals surface area contributed by atoms with E-state index >= 15 is 0 Å². The molecule has 0 saturated carbocycles. The second-order valence-electron chi connectivity index (χ2n) is 3.47. The Morgan fingerprint density at radius 1 is 1.21 bits per heavy atom. The van der Waals surface area contributed by atoms with Crippen molar-refractivity contribution in [3.63, 3.8) is 0 Å². The van der Waals surface area contributed by atoms with Gasteiger partial charge in [0.05, 0.1) is 0 Å². The molecule has 1 heterocycles. The van der Waals surface area contributed by atoms with Gasteiger partial charge in [-0.3, -0.25) is 9.78 Å². The SMILES string of the molecule is Cc1cc2ccnc(C=O)c2cc1C. The van der Waals surface area contributed by atoms with E-state index in [9.17, 15) is 4.79 Å². The normalized spacial score (nSPS) is 10.4. The Balaban J connectivity index is 2.88. The lowest BCUT2D eigenvalue weighted by atomic mass is 10.0. The summed E-state index contributed by atoms with van der Waals surface area (Å²) < 4.78 is 0. The maximum Gasteiger partial charge on any atom is 0.169 e. The van der Waals surface area contributed by atoms with Crippen molar-refractivity contribution in [2.24, 2.45) is 0 Å². The summed E-state index contributed by atoms with van der Waals surface area (Å²) in [6.07, 6.45) is 2.47. The van der Waals surface area contributed by atoms with Gasteiger partial charge in [-0.2, -0.15) is 0 Å². The zero-order valence-corrected chi connectivity index (χ0v) is 8.24. The topological polar surface area (TPSA) is 30.0 Å². The largest absolute Gasteiger partial charge is 0.296 e. The molecule has 0 N–H and O–H groups in total. The number of benzene rings is 1. The molecule has 1 aromatic heterocycles. The van der Waals surface area contributed by atoms with Gasteiger partial charge in [-0.25, -0.2) is 0 Å². The minimum Gasteiger partial charge on any atom is -0.296 e. The predicted octanol–water partition coefficient (Wildman–Crippen LogP) is 2.66. The van der Waals surface area contributed by atoms with Gasteiger partial charge in [-0.1, -0.05) is 6.07 Å². The van der Waals surface area contributed by atoms with Gasteiger partial charge in [0.15, 0.2) is 6.29 Å². The Labute approximate surface area is 82.6 Å². The first-order chi connectivity index (χ1) is 6.72. The smallest absolute Gasteiger partial charge is 0.169 e. The monoisotopic (exact) mass is 185 g/mol. The Morgan fingerprint density at radius 3 is 2.64 bits per heavy atom. The van der Waals surface area contributed by atoms with Gasteiger partial charge in [0.2, 0.25) is 0 Å². The van der Waals surface area contributed by atoms with Crippen LogP contribution < -0.4 is 0 Å². The van der Waals surface area contributed by atoms with E-state index in [0.717, 1.165) is 17.1 Å². The van der Waals surface area contributed by atoms with E-state index in [0.29, 0.717) is 5.69 Å². The lowest BCUT2D eigenvalue weighted by Gasteiger charge is -2.04. The van der Waals surface area contributed by atoms with E-state index in [-0.39, 0.29) is 0 Å². The zero-order valence-electron chi connectivity index (χ0n) is 8.24. The van der Waals surface area contributed by atoms with Gasteiger partial charge in [-0.05, 0) is 42.5 Å². The summed E-state index contributed by atoms with van der Waals surface area (Å²) in [5.74, 6) is 0. The van der Waals surface area contributed by atoms with Gasteiger partial charge in [-0.15, -0.1) is 0 Å². The van der Waals surface area contributed by atoms with Crippen molar-refractivity contribution in [3.8, 4) is 0 Å². The third-order valence-electron chi connectivity index (χ3n) is 2.52. The minimum absolute atomic E-state index is 0.519. The number of aldehydes is 1. The summed E-state index contributed by atoms with van der Waals surface area (Å²) in [5, 5.41) is 2.01. The molecule has 0 saturated heterocycles. The molecule has 2 heteroatoms. The van der Waals surface area contributed by atoms with Crippen LogP contribution in [0.3, 0.4) is 0 Å². The summed E-state index contributed by atoms with van der Waals surface area (Å²) in [4.78, 5) is 14.8. The van der Waals surface area contributed by atoms with Crippen molar-refractivity contribution in [3.05, 3.63) is 41.2 Å². The van der Waals surface area contributed by atoms with Crippen molar-refractivity contribution in [2.75, 3.05) is 0 Å². The summed E-state index contributed by atoms with van der Waals surface area (Å²) in [5.41, 5.74) is 2.94. The molecule has 0 spiro atoms. The first-order valence-electron chi connectivity index (χ1n) is 4.53. The molecule has 14 heavy (non-hydrogen) atoms. The fourth-order valence-corrected chi connectivity index (χ4v) is 1.56. The summed E-state index contributed by atoms with van der Waals surface area (Å²) in [6.45, 7) is 4.10. The lowest BCUT2D eigenvalue weighted by molar-refractivity contribution is 0.112. The average Bonchev–Trinajstić information content (AvgIpc) is 2.19. The number of pyridine rings is 1. The Kier molecular flexibility index (Phi) is 2.04. The molecule has 2 aromatic rings. The molecule has 2 nitrogen and oxygen atoms in total. The first-order valence-corrected chi connectivity index (χ1v) is 4.53. The molecule has 0 atom stereocenters. The number of aryl methyl sites for hydroxylation is 2. The van der Waals surface area contributed by atoms with Crippen LogP contribution in [0.5, 0.6) is 0 Å². The van der Waals surface area contributed by atoms with Crippen molar-refractivity contribution in [1.29, 1.82) is 0 Å². The fraction of sp³-hybridized carbons (Fsp3) is 0.167. The number of aromatic nitrogens is 1. The highest BCUT2D eigenvalue weighted by atomic mass is 16.1. The van der Waals surface area contributed by atoms with Crippen molar-refractivity contribution in [2.45, 2.75) is 13.8 Å². The Morgan fingerprint density at radius 2 is 1.93 bits per heavy atom. The van der Waals surface area contributed by atoms with Crippen LogP contribution in [0.4, 0.5) is 0 Å². The molecule has 0 unspecified atom stereocenters. The molecule has 0 aliphatic rings. The molecular weight excluding hydrogens is 174 g/mol. The average molecular weight is 185 g/mol. The van der Waals surface area contributed by atoms with Crippen LogP contribution in [-0.4, -0.2) is 11.3 Å². The van der Waals surface area contributed by atoms with E-state index in [2.05, 4.69) is 18.0 Å². The molecule has 0 radical (unpaired) electrons. The van der Waals surface area contributed by atoms with Gasteiger partial charge >= 0.3 is 0 Å². The van der Waals surface area contributed by atoms with Crippen LogP contribution in [0.2, 0.25) is 0 Å². The van der Waals surface area contributed by atoms with E-state index in [4.69, 9.17) is 0 Å². The lowest BCUT2D eigenvalue weighted by Crippen LogP contribution is -1.90. The highest BCUT2D eigenvalue weighted by molar-refractivity contribution is 5.96. The van der Waals surface area contributed by atoms with Crippen LogP contribution in [0.1, 0.15) is 21.6 Å². The number of nitrogens with zero attached hydrogens (tertiary/aromatic N) is 1. The molecule has 70 valence electrons. The van der Waals surface area contributed by atoms with Crippen LogP contribution in [0, 0.1) is 13.8 Å². The van der Waals surface area contributed by atoms with E-state index < -0.39 is 0 Å². The van der Waals surface area contributed by atoms with E-state index in [1.165, 1.54) is 11.1 Å². The summed E-state index contributed by atoms with van der Waals surface area (Å²) >= 11 is 0. The molecule has 1 aromatic carbocycles. The second kappa shape index (κ2) is 3.22. The minimum atomic E-state index is 0.519. The van der Waals surface area contributed by atoms with Gasteiger partial charge in [0, 0.05) is 11.6 Å². The van der Waals surface area contributed by atoms with Crippen LogP contribution >= 0.6 is 0 Å². The maximum atomic E-state index is 10.8. The quantitative estimate of drug-likeness (QED) is 0.639. The Hall–Kier alpha value is -1.70. The number of rotatable bonds is 1. The van der Waals surface area contributed by atoms with E-state index in [1.807, 2.05) is 19.1 Å². The fourth-order valence-electron chi connectivity index (χ4n) is 1.56. The number of fused-ring (bicyclic) bond motifs is 1. The van der Waals surface area contributed by atoms with Crippen LogP contribution in [0.15, 0.2) is 24.4 Å². The number of hydrogen-bond acceptors (Lipinski definition) is 2. The number of carbonyl (C=O) groups excluding carboxylic acids is 1. The van der Waals surface area contributed by atoms with Crippen LogP contribution in [0.25, 0.3) is 10.8 Å². The van der Waals surface area contributed by atoms with E-state index in [1.54, 1.807) is 6.20 Å². The molecule has 0 amide bonds. The van der Waals surface area contributed by atoms with Crippen molar-refractivity contribution >= 4 is 17.1 Å². The summed E-state index contributed by atoms with van der Waals surface area (Å²) in [6, 6.07) is 6.02. The number of carbonyl (C=O) groups is 1. The first kappa shape index (κ1) is 8.88. The van der Waals surface area contributed by atoms with Gasteiger partial charge in [0.25, 0.3) is 0 Å². The Bertz CT molecular complexity index is 503. The van der Waals surface area contributed by atoms with Crippen molar-refractivity contribution in [1.82, 2.24) is 4.98 Å². The molecule has 0 aliphatic heterocycles. The maximum absolute atomic E-state index is 10.8. The predicted molar refractivity (Wildman–Crippen MR) is 56.6 cm³/mol. The zero-order chi connectivity index (χ0) is 10.1. The molecule has 2 rings (SSSR count). The number of hydrogen-bond donors (Lipinski definition) is 0. The standard InChI is InChI=1S/C12H11NO/c1-8-5-10-3-4-13-12(7-14)11(10)6-9(8)2/h3-7H,1-2H3. The third-order valence-corrected chi connectivity index (χ3v) is 2.52. The highest BCUT2D eigenvalue weighted by Gasteiger charge is 2.02. The summed E-state index contributed by atoms with van der Waals surface area (Å²) in [7, 11) is 0. The van der Waals surface area contributed by atoms with Gasteiger partial charge in [0.1, 0.15) is 5.69 Å². The van der Waals surface area contributed by atoms with Crippen molar-refractivity contribution < 1.29 is 4.79 Å².